The van der Waals surface area contributed by atoms with Crippen molar-refractivity contribution in [1.29, 1.82) is 0 Å². The second-order valence-corrected chi connectivity index (χ2v) is 9.90. The van der Waals surface area contributed by atoms with Crippen LogP contribution in [0.15, 0.2) is 67.1 Å². The molecule has 0 saturated carbocycles. The maximum absolute atomic E-state index is 12.7. The van der Waals surface area contributed by atoms with Gasteiger partial charge in [-0.25, -0.2) is 0 Å². The molecule has 2 N–H and O–H groups in total. The lowest BCUT2D eigenvalue weighted by Crippen LogP contribution is -2.32. The number of hydrogen-bond donors (Lipinski definition) is 2. The molecule has 2 atom stereocenters. The van der Waals surface area contributed by atoms with Crippen molar-refractivity contribution in [2.24, 2.45) is 0 Å². The maximum Gasteiger partial charge on any atom is 0.226 e. The van der Waals surface area contributed by atoms with E-state index in [9.17, 15) is 4.79 Å². The van der Waals surface area contributed by atoms with Gasteiger partial charge in [-0.2, -0.15) is 0 Å². The molecular formula is C26H31N5OS. The first-order valence-corrected chi connectivity index (χ1v) is 11.7. The van der Waals surface area contributed by atoms with E-state index in [1.54, 1.807) is 6.20 Å². The highest BCUT2D eigenvalue weighted by Crippen LogP contribution is 2.39. The van der Waals surface area contributed by atoms with E-state index in [4.69, 9.17) is 12.2 Å². The lowest BCUT2D eigenvalue weighted by Gasteiger charge is -2.27. The third-order valence-electron chi connectivity index (χ3n) is 5.91. The highest BCUT2D eigenvalue weighted by atomic mass is 32.1. The summed E-state index contributed by atoms with van der Waals surface area (Å²) in [5.41, 5.74) is 3.97. The molecule has 172 valence electrons. The Morgan fingerprint density at radius 1 is 1.18 bits per heavy atom. The van der Waals surface area contributed by atoms with Crippen LogP contribution in [-0.2, 0) is 10.3 Å². The Morgan fingerprint density at radius 2 is 2.00 bits per heavy atom. The van der Waals surface area contributed by atoms with Crippen molar-refractivity contribution < 1.29 is 4.79 Å². The van der Waals surface area contributed by atoms with Gasteiger partial charge in [0.1, 0.15) is 0 Å². The molecule has 6 nitrogen and oxygen atoms in total. The fourth-order valence-corrected chi connectivity index (χ4v) is 4.52. The number of thiocarbonyl (C=S) groups is 1. The largest absolute Gasteiger partial charge is 0.352 e. The van der Waals surface area contributed by atoms with E-state index >= 15 is 0 Å². The smallest absolute Gasteiger partial charge is 0.226 e. The molecule has 0 unspecified atom stereocenters. The number of hydrogen-bond acceptors (Lipinski definition) is 3. The number of carbonyl (C=O) groups is 1. The van der Waals surface area contributed by atoms with Crippen molar-refractivity contribution in [3.63, 3.8) is 0 Å². The molecule has 1 fully saturated rings. The minimum Gasteiger partial charge on any atom is -0.352 e. The van der Waals surface area contributed by atoms with E-state index in [2.05, 4.69) is 64.3 Å². The van der Waals surface area contributed by atoms with Crippen LogP contribution in [0.2, 0.25) is 0 Å². The monoisotopic (exact) mass is 461 g/mol. The van der Waals surface area contributed by atoms with Gasteiger partial charge in [0.25, 0.3) is 0 Å². The Bertz CT molecular complexity index is 1130. The minimum absolute atomic E-state index is 0.0240. The molecular weight excluding hydrogens is 430 g/mol. The fraction of sp³-hybridized carbons (Fsp3) is 0.346. The summed E-state index contributed by atoms with van der Waals surface area (Å²) in [6, 6.07) is 15.7. The first-order valence-electron chi connectivity index (χ1n) is 11.3. The van der Waals surface area contributed by atoms with Crippen LogP contribution in [0.1, 0.15) is 56.1 Å². The number of carbonyl (C=O) groups excluding carboxylic acids is 1. The van der Waals surface area contributed by atoms with Crippen LogP contribution in [0.4, 0.5) is 5.69 Å². The maximum atomic E-state index is 12.7. The van der Waals surface area contributed by atoms with Gasteiger partial charge in [0.15, 0.2) is 5.11 Å². The number of anilines is 1. The Hall–Kier alpha value is -3.19. The SMILES string of the molecule is Cc1cccc(NC(=O)CCN2C(=S)N[C@@H](c3ccccn3)[C@H]2c2ccn(C(C)(C)C)c2)c1. The van der Waals surface area contributed by atoms with Crippen molar-refractivity contribution in [2.75, 3.05) is 11.9 Å². The van der Waals surface area contributed by atoms with Crippen molar-refractivity contribution in [3.05, 3.63) is 83.9 Å². The third kappa shape index (κ3) is 5.25. The number of benzene rings is 1. The molecule has 33 heavy (non-hydrogen) atoms. The van der Waals surface area contributed by atoms with Gasteiger partial charge in [-0.15, -0.1) is 0 Å². The van der Waals surface area contributed by atoms with E-state index in [-0.39, 0.29) is 23.5 Å². The molecule has 2 aromatic heterocycles. The highest BCUT2D eigenvalue weighted by Gasteiger charge is 2.40. The van der Waals surface area contributed by atoms with Crippen LogP contribution in [0, 0.1) is 6.92 Å². The molecule has 3 heterocycles. The van der Waals surface area contributed by atoms with Crippen molar-refractivity contribution in [2.45, 2.75) is 51.7 Å². The summed E-state index contributed by atoms with van der Waals surface area (Å²) >= 11 is 5.72. The number of pyridine rings is 1. The predicted octanol–water partition coefficient (Wildman–Crippen LogP) is 4.95. The number of amides is 1. The average molecular weight is 462 g/mol. The average Bonchev–Trinajstić information content (AvgIpc) is 3.37. The molecule has 1 amide bonds. The zero-order valence-corrected chi connectivity index (χ0v) is 20.4. The number of rotatable bonds is 6. The van der Waals surface area contributed by atoms with Gasteiger partial charge in [0, 0.05) is 42.8 Å². The molecule has 1 aliphatic rings. The van der Waals surface area contributed by atoms with Gasteiger partial charge in [-0.3, -0.25) is 9.78 Å². The molecule has 1 aromatic carbocycles. The van der Waals surface area contributed by atoms with Gasteiger partial charge in [0.2, 0.25) is 5.91 Å². The number of nitrogens with one attached hydrogen (secondary N) is 2. The number of aromatic nitrogens is 2. The normalized spacial score (nSPS) is 18.3. The summed E-state index contributed by atoms with van der Waals surface area (Å²) in [4.78, 5) is 19.4. The van der Waals surface area contributed by atoms with Gasteiger partial charge < -0.3 is 20.1 Å². The molecule has 3 aromatic rings. The van der Waals surface area contributed by atoms with Gasteiger partial charge in [0.05, 0.1) is 17.8 Å². The molecule has 1 aliphatic heterocycles. The molecule has 7 heteroatoms. The summed E-state index contributed by atoms with van der Waals surface area (Å²) in [6.07, 6.45) is 6.42. The van der Waals surface area contributed by atoms with E-state index < -0.39 is 0 Å². The quantitative estimate of drug-likeness (QED) is 0.509. The van der Waals surface area contributed by atoms with E-state index in [0.717, 1.165) is 22.5 Å². The summed E-state index contributed by atoms with van der Waals surface area (Å²) in [5.74, 6) is -0.0318. The summed E-state index contributed by atoms with van der Waals surface area (Å²) < 4.78 is 2.21. The fourth-order valence-electron chi connectivity index (χ4n) is 4.18. The first-order chi connectivity index (χ1) is 15.7. The third-order valence-corrected chi connectivity index (χ3v) is 6.26. The van der Waals surface area contributed by atoms with Gasteiger partial charge in [-0.05, 0) is 81.4 Å². The van der Waals surface area contributed by atoms with Crippen LogP contribution in [0.5, 0.6) is 0 Å². The van der Waals surface area contributed by atoms with Gasteiger partial charge >= 0.3 is 0 Å². The highest BCUT2D eigenvalue weighted by molar-refractivity contribution is 7.80. The topological polar surface area (TPSA) is 62.2 Å². The number of aryl methyl sites for hydroxylation is 1. The molecule has 0 radical (unpaired) electrons. The van der Waals surface area contributed by atoms with Crippen LogP contribution in [-0.4, -0.2) is 32.0 Å². The number of nitrogens with zero attached hydrogens (tertiary/aromatic N) is 3. The Kier molecular flexibility index (Phi) is 6.51. The zero-order chi connectivity index (χ0) is 23.6. The van der Waals surface area contributed by atoms with E-state index in [0.29, 0.717) is 18.1 Å². The minimum atomic E-state index is -0.0886. The Morgan fingerprint density at radius 3 is 2.67 bits per heavy atom. The summed E-state index contributed by atoms with van der Waals surface area (Å²) in [6.45, 7) is 9.06. The summed E-state index contributed by atoms with van der Waals surface area (Å²) in [7, 11) is 0. The molecule has 1 saturated heterocycles. The Balaban J connectivity index is 1.56. The summed E-state index contributed by atoms with van der Waals surface area (Å²) in [5, 5.41) is 7.09. The Labute approximate surface area is 201 Å². The second-order valence-electron chi connectivity index (χ2n) is 9.51. The predicted molar refractivity (Wildman–Crippen MR) is 136 cm³/mol. The first kappa shape index (κ1) is 23.0. The zero-order valence-electron chi connectivity index (χ0n) is 19.6. The molecule has 0 spiro atoms. The molecule has 0 bridgehead atoms. The molecule has 4 rings (SSSR count). The van der Waals surface area contributed by atoms with E-state index in [1.807, 2.05) is 49.4 Å². The van der Waals surface area contributed by atoms with E-state index in [1.165, 1.54) is 0 Å². The second kappa shape index (κ2) is 9.35. The van der Waals surface area contributed by atoms with Crippen molar-refractivity contribution in [3.8, 4) is 0 Å². The van der Waals surface area contributed by atoms with Gasteiger partial charge in [-0.1, -0.05) is 18.2 Å². The lowest BCUT2D eigenvalue weighted by molar-refractivity contribution is -0.116. The molecule has 0 aliphatic carbocycles. The van der Waals surface area contributed by atoms with Crippen LogP contribution >= 0.6 is 12.2 Å². The standard InChI is InChI=1S/C26H31N5OS/c1-18-8-7-9-20(16-18)28-22(32)12-15-31-24(19-11-14-30(17-19)26(2,3)4)23(29-25(31)33)21-10-5-6-13-27-21/h5-11,13-14,16-17,23-24H,12,15H2,1-4H3,(H,28,32)(H,29,33)/t23-,24+/m0/s1. The lowest BCUT2D eigenvalue weighted by atomic mass is 9.99. The van der Waals surface area contributed by atoms with Crippen molar-refractivity contribution >= 4 is 28.9 Å². The van der Waals surface area contributed by atoms with Crippen LogP contribution < -0.4 is 10.6 Å². The van der Waals surface area contributed by atoms with Crippen LogP contribution in [0.3, 0.4) is 0 Å². The van der Waals surface area contributed by atoms with Crippen LogP contribution in [0.25, 0.3) is 0 Å². The van der Waals surface area contributed by atoms with Crippen molar-refractivity contribution in [1.82, 2.24) is 19.8 Å².